The molecule has 0 unspecified atom stereocenters. The number of hydrogen-bond acceptors (Lipinski definition) is 2. The number of carbonyl (C=O) groups is 2. The zero-order valence-corrected chi connectivity index (χ0v) is 7.44. The second-order valence-electron chi connectivity index (χ2n) is 2.72. The Kier molecular flexibility index (Phi) is 3.01. The molecule has 0 fully saturated rings. The molecule has 0 atom stereocenters. The smallest absolute Gasteiger partial charge is 0.248 e. The third-order valence-electron chi connectivity index (χ3n) is 1.64. The van der Waals surface area contributed by atoms with Gasteiger partial charge in [-0.05, 0) is 23.8 Å². The SMILES string of the molecule is NC(=O)/C=C/c1ccc(C(N)=O)cc1. The highest BCUT2D eigenvalue weighted by molar-refractivity contribution is 5.93. The summed E-state index contributed by atoms with van der Waals surface area (Å²) in [5.74, 6) is -0.987. The van der Waals surface area contributed by atoms with Crippen LogP contribution in [0.4, 0.5) is 0 Å². The summed E-state index contributed by atoms with van der Waals surface area (Å²) in [7, 11) is 0. The molecule has 4 nitrogen and oxygen atoms in total. The Balaban J connectivity index is 2.83. The van der Waals surface area contributed by atoms with Gasteiger partial charge in [-0.25, -0.2) is 0 Å². The molecule has 4 N–H and O–H groups in total. The first-order chi connectivity index (χ1) is 6.59. The van der Waals surface area contributed by atoms with Crippen LogP contribution in [0.15, 0.2) is 30.3 Å². The van der Waals surface area contributed by atoms with E-state index < -0.39 is 11.8 Å². The van der Waals surface area contributed by atoms with Crippen LogP contribution in [-0.4, -0.2) is 11.8 Å². The summed E-state index contributed by atoms with van der Waals surface area (Å²) in [5, 5.41) is 0. The normalized spacial score (nSPS) is 10.3. The van der Waals surface area contributed by atoms with E-state index in [2.05, 4.69) is 0 Å². The molecule has 1 aromatic rings. The fourth-order valence-corrected chi connectivity index (χ4v) is 0.937. The van der Waals surface area contributed by atoms with Gasteiger partial charge in [0, 0.05) is 11.6 Å². The Morgan fingerprint density at radius 1 is 1.07 bits per heavy atom. The number of hydrogen-bond donors (Lipinski definition) is 2. The topological polar surface area (TPSA) is 86.2 Å². The fourth-order valence-electron chi connectivity index (χ4n) is 0.937. The summed E-state index contributed by atoms with van der Waals surface area (Å²) < 4.78 is 0. The molecule has 0 saturated heterocycles. The monoisotopic (exact) mass is 190 g/mol. The van der Waals surface area contributed by atoms with Crippen molar-refractivity contribution in [3.05, 3.63) is 41.5 Å². The van der Waals surface area contributed by atoms with Crippen molar-refractivity contribution in [3.63, 3.8) is 0 Å². The van der Waals surface area contributed by atoms with Crippen LogP contribution in [0.25, 0.3) is 6.08 Å². The number of primary amides is 2. The summed E-state index contributed by atoms with van der Waals surface area (Å²) in [6.07, 6.45) is 2.81. The average Bonchev–Trinajstić information content (AvgIpc) is 2.15. The molecule has 0 saturated carbocycles. The summed E-state index contributed by atoms with van der Waals surface area (Å²) in [4.78, 5) is 21.1. The lowest BCUT2D eigenvalue weighted by Crippen LogP contribution is -2.10. The highest BCUT2D eigenvalue weighted by atomic mass is 16.1. The molecule has 0 aromatic heterocycles. The first kappa shape index (κ1) is 9.98. The van der Waals surface area contributed by atoms with Crippen molar-refractivity contribution >= 4 is 17.9 Å². The van der Waals surface area contributed by atoms with E-state index in [0.29, 0.717) is 5.56 Å². The number of carbonyl (C=O) groups excluding carboxylic acids is 2. The van der Waals surface area contributed by atoms with Crippen LogP contribution in [0, 0.1) is 0 Å². The lowest BCUT2D eigenvalue weighted by molar-refractivity contribution is -0.113. The van der Waals surface area contributed by atoms with E-state index in [0.717, 1.165) is 5.56 Å². The van der Waals surface area contributed by atoms with Crippen molar-refractivity contribution in [3.8, 4) is 0 Å². The van der Waals surface area contributed by atoms with Gasteiger partial charge in [0.25, 0.3) is 0 Å². The molecule has 14 heavy (non-hydrogen) atoms. The van der Waals surface area contributed by atoms with Gasteiger partial charge in [0.05, 0.1) is 0 Å². The van der Waals surface area contributed by atoms with Gasteiger partial charge in [0.1, 0.15) is 0 Å². The first-order valence-corrected chi connectivity index (χ1v) is 3.97. The third kappa shape index (κ3) is 2.75. The van der Waals surface area contributed by atoms with Gasteiger partial charge in [-0.15, -0.1) is 0 Å². The number of amides is 2. The van der Waals surface area contributed by atoms with Gasteiger partial charge in [0.2, 0.25) is 11.8 Å². The maximum atomic E-state index is 10.7. The summed E-state index contributed by atoms with van der Waals surface area (Å²) in [5.41, 5.74) is 11.2. The highest BCUT2D eigenvalue weighted by Gasteiger charge is 1.97. The van der Waals surface area contributed by atoms with E-state index in [-0.39, 0.29) is 0 Å². The van der Waals surface area contributed by atoms with E-state index in [1.165, 1.54) is 6.08 Å². The van der Waals surface area contributed by atoms with Crippen molar-refractivity contribution in [2.24, 2.45) is 11.5 Å². The van der Waals surface area contributed by atoms with Crippen molar-refractivity contribution in [2.45, 2.75) is 0 Å². The van der Waals surface area contributed by atoms with Gasteiger partial charge in [-0.3, -0.25) is 9.59 Å². The van der Waals surface area contributed by atoms with E-state index in [1.54, 1.807) is 30.3 Å². The van der Waals surface area contributed by atoms with Crippen molar-refractivity contribution in [1.82, 2.24) is 0 Å². The van der Waals surface area contributed by atoms with Crippen LogP contribution in [0.3, 0.4) is 0 Å². The molecule has 0 bridgehead atoms. The largest absolute Gasteiger partial charge is 0.366 e. The van der Waals surface area contributed by atoms with Crippen LogP contribution in [0.2, 0.25) is 0 Å². The fraction of sp³-hybridized carbons (Fsp3) is 0. The molecule has 72 valence electrons. The van der Waals surface area contributed by atoms with Gasteiger partial charge in [-0.1, -0.05) is 12.1 Å². The van der Waals surface area contributed by atoms with Gasteiger partial charge < -0.3 is 11.5 Å². The van der Waals surface area contributed by atoms with Crippen molar-refractivity contribution in [2.75, 3.05) is 0 Å². The Morgan fingerprint density at radius 2 is 1.64 bits per heavy atom. The minimum atomic E-state index is -0.510. The standard InChI is InChI=1S/C10H10N2O2/c11-9(13)6-3-7-1-4-8(5-2-7)10(12)14/h1-6H,(H2,11,13)(H2,12,14)/b6-3+. The van der Waals surface area contributed by atoms with Crippen LogP contribution >= 0.6 is 0 Å². The van der Waals surface area contributed by atoms with Crippen LogP contribution in [0.5, 0.6) is 0 Å². The first-order valence-electron chi connectivity index (χ1n) is 3.97. The highest BCUT2D eigenvalue weighted by Crippen LogP contribution is 2.05. The van der Waals surface area contributed by atoms with Crippen LogP contribution in [0.1, 0.15) is 15.9 Å². The molecule has 2 amide bonds. The Hall–Kier alpha value is -2.10. The minimum Gasteiger partial charge on any atom is -0.366 e. The van der Waals surface area contributed by atoms with E-state index in [4.69, 9.17) is 11.5 Å². The van der Waals surface area contributed by atoms with Crippen molar-refractivity contribution < 1.29 is 9.59 Å². The van der Waals surface area contributed by atoms with E-state index in [9.17, 15) is 9.59 Å². The number of benzene rings is 1. The molecule has 0 heterocycles. The Bertz CT molecular complexity index is 380. The predicted molar refractivity (Wildman–Crippen MR) is 53.2 cm³/mol. The average molecular weight is 190 g/mol. The molecular weight excluding hydrogens is 180 g/mol. The molecular formula is C10H10N2O2. The molecule has 1 aromatic carbocycles. The quantitative estimate of drug-likeness (QED) is 0.671. The summed E-state index contributed by atoms with van der Waals surface area (Å²) >= 11 is 0. The third-order valence-corrected chi connectivity index (χ3v) is 1.64. The van der Waals surface area contributed by atoms with Gasteiger partial charge in [0.15, 0.2) is 0 Å². The van der Waals surface area contributed by atoms with Crippen LogP contribution < -0.4 is 11.5 Å². The lowest BCUT2D eigenvalue weighted by Gasteiger charge is -1.95. The number of nitrogens with two attached hydrogens (primary N) is 2. The Labute approximate surface area is 81.2 Å². The number of rotatable bonds is 3. The zero-order chi connectivity index (χ0) is 10.6. The predicted octanol–water partition coefficient (Wildman–Crippen LogP) is 0.284. The molecule has 4 heteroatoms. The zero-order valence-electron chi connectivity index (χ0n) is 7.44. The molecule has 0 aliphatic heterocycles. The molecule has 0 radical (unpaired) electrons. The second-order valence-corrected chi connectivity index (χ2v) is 2.72. The maximum Gasteiger partial charge on any atom is 0.248 e. The molecule has 1 rings (SSSR count). The summed E-state index contributed by atoms with van der Waals surface area (Å²) in [6.45, 7) is 0. The minimum absolute atomic E-state index is 0.432. The van der Waals surface area contributed by atoms with Crippen LogP contribution in [-0.2, 0) is 4.79 Å². The molecule has 0 spiro atoms. The summed E-state index contributed by atoms with van der Waals surface area (Å²) in [6, 6.07) is 6.53. The van der Waals surface area contributed by atoms with E-state index in [1.807, 2.05) is 0 Å². The lowest BCUT2D eigenvalue weighted by atomic mass is 10.1. The van der Waals surface area contributed by atoms with E-state index >= 15 is 0 Å². The van der Waals surface area contributed by atoms with Crippen molar-refractivity contribution in [1.29, 1.82) is 0 Å². The van der Waals surface area contributed by atoms with Gasteiger partial charge >= 0.3 is 0 Å². The second kappa shape index (κ2) is 4.23. The molecule has 0 aliphatic rings. The van der Waals surface area contributed by atoms with Gasteiger partial charge in [-0.2, -0.15) is 0 Å². The Morgan fingerprint density at radius 3 is 2.07 bits per heavy atom. The maximum absolute atomic E-state index is 10.7. The molecule has 0 aliphatic carbocycles.